The fraction of sp³-hybridized carbons (Fsp3) is 0.545. The monoisotopic (exact) mass is 397 g/mol. The molecule has 0 spiro atoms. The second kappa shape index (κ2) is 7.16. The van der Waals surface area contributed by atoms with Crippen molar-refractivity contribution in [2.75, 3.05) is 7.11 Å². The first-order valence-corrected chi connectivity index (χ1v) is 11.2. The van der Waals surface area contributed by atoms with Gasteiger partial charge in [-0.15, -0.1) is 11.3 Å². The molecule has 0 saturated carbocycles. The molecule has 0 unspecified atom stereocenters. The van der Waals surface area contributed by atoms with Crippen molar-refractivity contribution in [1.29, 1.82) is 0 Å². The van der Waals surface area contributed by atoms with Gasteiger partial charge in [0.15, 0.2) is 0 Å². The number of aryl methyl sites for hydroxylation is 2. The molecule has 1 aromatic heterocycles. The molecular weight excluding hydrogens is 370 g/mol. The lowest BCUT2D eigenvalue weighted by Gasteiger charge is -2.34. The Kier molecular flexibility index (Phi) is 4.63. The maximum Gasteiger partial charge on any atom is 0.228 e. The first-order valence-electron chi connectivity index (χ1n) is 10.3. The average Bonchev–Trinajstić information content (AvgIpc) is 3.49. The Morgan fingerprint density at radius 3 is 2.89 bits per heavy atom. The summed E-state index contributed by atoms with van der Waals surface area (Å²) in [5.41, 5.74) is 6.38. The molecule has 28 heavy (non-hydrogen) atoms. The van der Waals surface area contributed by atoms with E-state index in [1.54, 1.807) is 18.4 Å². The minimum Gasteiger partial charge on any atom is -0.496 e. The lowest BCUT2D eigenvalue weighted by Crippen LogP contribution is -2.49. The van der Waals surface area contributed by atoms with Crippen molar-refractivity contribution in [3.05, 3.63) is 45.4 Å². The van der Waals surface area contributed by atoms with Crippen LogP contribution in [0.25, 0.3) is 0 Å². The Bertz CT molecular complexity index is 882. The molecule has 1 aliphatic carbocycles. The average molecular weight is 398 g/mol. The van der Waals surface area contributed by atoms with Crippen molar-refractivity contribution in [3.63, 3.8) is 0 Å². The van der Waals surface area contributed by atoms with Crippen molar-refractivity contribution in [3.8, 4) is 5.75 Å². The van der Waals surface area contributed by atoms with Crippen LogP contribution in [-0.4, -0.2) is 30.1 Å². The molecule has 1 amide bonds. The third kappa shape index (κ3) is 3.03. The number of nitrogens with one attached hydrogen (secondary N) is 2. The highest BCUT2D eigenvalue weighted by Crippen LogP contribution is 2.46. The Morgan fingerprint density at radius 1 is 1.36 bits per heavy atom. The molecule has 6 heteroatoms. The van der Waals surface area contributed by atoms with Crippen LogP contribution in [0, 0.1) is 5.41 Å². The molecular formula is C22H27N3O2S. The summed E-state index contributed by atoms with van der Waals surface area (Å²) in [6, 6.07) is 5.10. The quantitative estimate of drug-likeness (QED) is 0.787. The predicted octanol–water partition coefficient (Wildman–Crippen LogP) is 3.01. The molecule has 2 bridgehead atoms. The smallest absolute Gasteiger partial charge is 0.228 e. The van der Waals surface area contributed by atoms with Crippen molar-refractivity contribution in [2.24, 2.45) is 5.41 Å². The summed E-state index contributed by atoms with van der Waals surface area (Å²) in [6.45, 7) is 0.519. The van der Waals surface area contributed by atoms with Crippen LogP contribution in [0.4, 0.5) is 0 Å². The molecule has 3 heterocycles. The van der Waals surface area contributed by atoms with E-state index in [0.717, 1.165) is 49.1 Å². The van der Waals surface area contributed by atoms with Crippen molar-refractivity contribution in [1.82, 2.24) is 15.6 Å². The number of methoxy groups -OCH3 is 1. The minimum atomic E-state index is -0.388. The first-order chi connectivity index (χ1) is 13.7. The van der Waals surface area contributed by atoms with Gasteiger partial charge in [0.25, 0.3) is 0 Å². The molecule has 2 aromatic rings. The Labute approximate surface area is 169 Å². The minimum absolute atomic E-state index is 0.155. The number of fused-ring (bicyclic) bond motifs is 3. The standard InChI is InChI=1S/C22H27N3O2S/c1-27-19-8-15-4-2-3-14(15)7-16(19)11-23-21(26)22(10-18-12-28-13-24-18)9-17-5-6-20(22)25-17/h7-8,12-13,17,20,25H,2-6,9-11H2,1H3,(H,23,26)/t17-,20+,22-/m0/s1. The number of thiazole rings is 1. The van der Waals surface area contributed by atoms with Gasteiger partial charge in [0, 0.05) is 36.0 Å². The molecule has 3 atom stereocenters. The Balaban J connectivity index is 1.36. The van der Waals surface area contributed by atoms with Crippen LogP contribution in [0.1, 0.15) is 48.1 Å². The van der Waals surface area contributed by atoms with Gasteiger partial charge in [-0.3, -0.25) is 4.79 Å². The summed E-state index contributed by atoms with van der Waals surface area (Å²) in [7, 11) is 1.71. The third-order valence-electron chi connectivity index (χ3n) is 6.88. The van der Waals surface area contributed by atoms with E-state index in [1.807, 2.05) is 5.51 Å². The fourth-order valence-corrected chi connectivity index (χ4v) is 6.06. The zero-order chi connectivity index (χ0) is 19.1. The van der Waals surface area contributed by atoms with E-state index in [-0.39, 0.29) is 17.4 Å². The summed E-state index contributed by atoms with van der Waals surface area (Å²) in [4.78, 5) is 17.9. The molecule has 1 aromatic carbocycles. The van der Waals surface area contributed by atoms with Gasteiger partial charge < -0.3 is 15.4 Å². The highest BCUT2D eigenvalue weighted by molar-refractivity contribution is 7.07. The number of nitrogens with zero attached hydrogens (tertiary/aromatic N) is 1. The van der Waals surface area contributed by atoms with Gasteiger partial charge in [-0.1, -0.05) is 6.07 Å². The summed E-state index contributed by atoms with van der Waals surface area (Å²) in [6.07, 6.45) is 7.34. The topological polar surface area (TPSA) is 63.2 Å². The van der Waals surface area contributed by atoms with Gasteiger partial charge in [0.1, 0.15) is 5.75 Å². The number of rotatable bonds is 6. The lowest BCUT2D eigenvalue weighted by molar-refractivity contribution is -0.132. The van der Waals surface area contributed by atoms with Crippen LogP contribution in [0.3, 0.4) is 0 Å². The Hall–Kier alpha value is -1.92. The van der Waals surface area contributed by atoms with Crippen molar-refractivity contribution < 1.29 is 9.53 Å². The number of carbonyl (C=O) groups excluding carboxylic acids is 1. The van der Waals surface area contributed by atoms with E-state index in [1.165, 1.54) is 24.0 Å². The van der Waals surface area contributed by atoms with Gasteiger partial charge in [-0.05, 0) is 55.7 Å². The van der Waals surface area contributed by atoms with Crippen LogP contribution >= 0.6 is 11.3 Å². The number of hydrogen-bond donors (Lipinski definition) is 2. The third-order valence-corrected chi connectivity index (χ3v) is 7.52. The van der Waals surface area contributed by atoms with Crippen LogP contribution in [0.5, 0.6) is 5.75 Å². The predicted molar refractivity (Wildman–Crippen MR) is 110 cm³/mol. The molecule has 2 saturated heterocycles. The van der Waals surface area contributed by atoms with Crippen molar-refractivity contribution >= 4 is 17.2 Å². The van der Waals surface area contributed by atoms with Gasteiger partial charge in [0.05, 0.1) is 23.7 Å². The molecule has 2 aliphatic heterocycles. The number of amides is 1. The molecule has 5 rings (SSSR count). The van der Waals surface area contributed by atoms with Crippen molar-refractivity contribution in [2.45, 2.75) is 63.6 Å². The second-order valence-corrected chi connectivity index (χ2v) is 9.20. The number of benzene rings is 1. The lowest BCUT2D eigenvalue weighted by atomic mass is 9.70. The van der Waals surface area contributed by atoms with Crippen LogP contribution in [-0.2, 0) is 30.6 Å². The Morgan fingerprint density at radius 2 is 2.21 bits per heavy atom. The van der Waals surface area contributed by atoms with E-state index in [0.29, 0.717) is 12.6 Å². The van der Waals surface area contributed by atoms with E-state index in [2.05, 4.69) is 33.1 Å². The highest BCUT2D eigenvalue weighted by Gasteiger charge is 2.55. The maximum absolute atomic E-state index is 13.5. The van der Waals surface area contributed by atoms with E-state index in [9.17, 15) is 4.79 Å². The molecule has 2 N–H and O–H groups in total. The van der Waals surface area contributed by atoms with Gasteiger partial charge in [-0.25, -0.2) is 4.98 Å². The molecule has 3 aliphatic rings. The van der Waals surface area contributed by atoms with Crippen LogP contribution in [0.15, 0.2) is 23.0 Å². The van der Waals surface area contributed by atoms with E-state index < -0.39 is 0 Å². The molecule has 148 valence electrons. The summed E-state index contributed by atoms with van der Waals surface area (Å²) in [5, 5.41) is 8.99. The number of hydrogen-bond acceptors (Lipinski definition) is 5. The highest BCUT2D eigenvalue weighted by atomic mass is 32.1. The van der Waals surface area contributed by atoms with E-state index >= 15 is 0 Å². The zero-order valence-electron chi connectivity index (χ0n) is 16.3. The van der Waals surface area contributed by atoms with Gasteiger partial charge >= 0.3 is 0 Å². The summed E-state index contributed by atoms with van der Waals surface area (Å²) in [5.74, 6) is 1.04. The van der Waals surface area contributed by atoms with Gasteiger partial charge in [0.2, 0.25) is 5.91 Å². The van der Waals surface area contributed by atoms with Gasteiger partial charge in [-0.2, -0.15) is 0 Å². The second-order valence-electron chi connectivity index (χ2n) is 8.48. The van der Waals surface area contributed by atoms with Crippen LogP contribution in [0.2, 0.25) is 0 Å². The SMILES string of the molecule is COc1cc2c(cc1CNC(=O)[C@]1(Cc3cscn3)C[C@@H]3CC[C@H]1N3)CCC2. The summed E-state index contributed by atoms with van der Waals surface area (Å²) < 4.78 is 5.62. The molecule has 2 fully saturated rings. The zero-order valence-corrected chi connectivity index (χ0v) is 17.1. The van der Waals surface area contributed by atoms with Crippen LogP contribution < -0.4 is 15.4 Å². The first kappa shape index (κ1) is 18.1. The number of aromatic nitrogens is 1. The maximum atomic E-state index is 13.5. The fourth-order valence-electron chi connectivity index (χ4n) is 5.50. The molecule has 0 radical (unpaired) electrons. The van der Waals surface area contributed by atoms with E-state index in [4.69, 9.17) is 4.74 Å². The normalized spacial score (nSPS) is 27.8. The molecule has 5 nitrogen and oxygen atoms in total. The number of ether oxygens (including phenoxy) is 1. The largest absolute Gasteiger partial charge is 0.496 e. The summed E-state index contributed by atoms with van der Waals surface area (Å²) >= 11 is 1.60. The number of carbonyl (C=O) groups is 1.